The minimum Gasteiger partial charge on any atom is -0.497 e. The molecular formula is C16H16N6O3. The van der Waals surface area contributed by atoms with Crippen LogP contribution < -0.4 is 15.4 Å². The van der Waals surface area contributed by atoms with Gasteiger partial charge < -0.3 is 10.5 Å². The van der Waals surface area contributed by atoms with Crippen LogP contribution in [0.2, 0.25) is 0 Å². The summed E-state index contributed by atoms with van der Waals surface area (Å²) in [5.41, 5.74) is 6.78. The van der Waals surface area contributed by atoms with E-state index >= 15 is 0 Å². The number of aliphatic imine (C=N–C) groups is 1. The molecule has 0 bridgehead atoms. The Bertz CT molecular complexity index is 886. The average Bonchev–Trinajstić information content (AvgIpc) is 3.25. The Hall–Kier alpha value is -3.36. The molecule has 2 aromatic rings. The molecule has 0 atom stereocenters. The predicted molar refractivity (Wildman–Crippen MR) is 90.2 cm³/mol. The molecule has 2 aliphatic rings. The number of carbonyl (C=O) groups is 2. The third-order valence-corrected chi connectivity index (χ3v) is 4.17. The zero-order valence-electron chi connectivity index (χ0n) is 13.5. The quantitative estimate of drug-likeness (QED) is 0.868. The smallest absolute Gasteiger partial charge is 0.331 e. The number of urea groups is 1. The van der Waals surface area contributed by atoms with Gasteiger partial charge in [0.05, 0.1) is 31.1 Å². The highest BCUT2D eigenvalue weighted by molar-refractivity contribution is 6.20. The first-order valence-electron chi connectivity index (χ1n) is 7.75. The van der Waals surface area contributed by atoms with Crippen LogP contribution in [0, 0.1) is 0 Å². The van der Waals surface area contributed by atoms with Crippen molar-refractivity contribution in [2.45, 2.75) is 0 Å². The molecule has 0 saturated heterocycles. The number of primary amides is 1. The van der Waals surface area contributed by atoms with Crippen molar-refractivity contribution in [3.05, 3.63) is 36.0 Å². The van der Waals surface area contributed by atoms with Crippen LogP contribution in [-0.2, 0) is 4.79 Å². The molecule has 9 nitrogen and oxygen atoms in total. The highest BCUT2D eigenvalue weighted by Crippen LogP contribution is 2.33. The van der Waals surface area contributed by atoms with Crippen molar-refractivity contribution in [3.8, 4) is 11.4 Å². The molecule has 0 fully saturated rings. The first-order chi connectivity index (χ1) is 12.1. The Labute approximate surface area is 143 Å². The number of amidine groups is 1. The number of methoxy groups -OCH3 is 1. The second-order valence-corrected chi connectivity index (χ2v) is 5.68. The van der Waals surface area contributed by atoms with Crippen LogP contribution >= 0.6 is 0 Å². The summed E-state index contributed by atoms with van der Waals surface area (Å²) >= 11 is 0. The second-order valence-electron chi connectivity index (χ2n) is 5.68. The van der Waals surface area contributed by atoms with E-state index in [1.807, 2.05) is 12.1 Å². The van der Waals surface area contributed by atoms with Crippen molar-refractivity contribution < 1.29 is 14.3 Å². The van der Waals surface area contributed by atoms with Crippen LogP contribution in [-0.4, -0.2) is 59.2 Å². The summed E-state index contributed by atoms with van der Waals surface area (Å²) in [7, 11) is 1.59. The topological polar surface area (TPSA) is 106 Å². The van der Waals surface area contributed by atoms with Crippen LogP contribution in [0.15, 0.2) is 35.5 Å². The Balaban J connectivity index is 1.86. The van der Waals surface area contributed by atoms with Gasteiger partial charge in [-0.05, 0) is 24.3 Å². The van der Waals surface area contributed by atoms with E-state index in [9.17, 15) is 9.59 Å². The van der Waals surface area contributed by atoms with Gasteiger partial charge in [-0.3, -0.25) is 19.6 Å². The Kier molecular flexibility index (Phi) is 3.41. The van der Waals surface area contributed by atoms with E-state index in [1.54, 1.807) is 35.0 Å². The van der Waals surface area contributed by atoms with Crippen LogP contribution in [0.4, 0.5) is 10.6 Å². The SMILES string of the molecule is COc1ccc(-n2ncc3c2N(CC(N)=O)C(=O)N2CCN=C32)cc1. The number of hydrogen-bond donors (Lipinski definition) is 1. The number of carbonyl (C=O) groups excluding carboxylic acids is 2. The lowest BCUT2D eigenvalue weighted by Crippen LogP contribution is -2.52. The van der Waals surface area contributed by atoms with E-state index in [0.717, 1.165) is 5.69 Å². The normalized spacial score (nSPS) is 15.7. The highest BCUT2D eigenvalue weighted by atomic mass is 16.5. The van der Waals surface area contributed by atoms with Gasteiger partial charge in [-0.2, -0.15) is 5.10 Å². The lowest BCUT2D eigenvalue weighted by Gasteiger charge is -2.33. The number of ether oxygens (including phenoxy) is 1. The maximum absolute atomic E-state index is 12.8. The van der Waals surface area contributed by atoms with Crippen molar-refractivity contribution in [1.29, 1.82) is 0 Å². The number of nitrogens with two attached hydrogens (primary N) is 1. The molecule has 4 rings (SSSR count). The van der Waals surface area contributed by atoms with Gasteiger partial charge in [0.15, 0.2) is 5.82 Å². The van der Waals surface area contributed by atoms with Crippen LogP contribution in [0.5, 0.6) is 5.75 Å². The van der Waals surface area contributed by atoms with Crippen molar-refractivity contribution >= 4 is 23.6 Å². The summed E-state index contributed by atoms with van der Waals surface area (Å²) in [5, 5.41) is 4.40. The summed E-state index contributed by atoms with van der Waals surface area (Å²) < 4.78 is 6.77. The number of fused-ring (bicyclic) bond motifs is 3. The fraction of sp³-hybridized carbons (Fsp3) is 0.250. The lowest BCUT2D eigenvalue weighted by atomic mass is 10.2. The Morgan fingerprint density at radius 3 is 2.76 bits per heavy atom. The third kappa shape index (κ3) is 2.32. The predicted octanol–water partition coefficient (Wildman–Crippen LogP) is 0.368. The number of amides is 3. The van der Waals surface area contributed by atoms with Gasteiger partial charge in [0.25, 0.3) is 0 Å². The number of hydrogen-bond acceptors (Lipinski definition) is 5. The molecule has 3 amide bonds. The van der Waals surface area contributed by atoms with Crippen molar-refractivity contribution in [3.63, 3.8) is 0 Å². The molecular weight excluding hydrogens is 324 g/mol. The standard InChI is InChI=1S/C16H16N6O3/c1-25-11-4-2-10(3-5-11)22-15-12(8-19-22)14-18-6-7-20(14)16(24)21(15)9-13(17)23/h2-5,8H,6-7,9H2,1H3,(H2,17,23). The van der Waals surface area contributed by atoms with Gasteiger partial charge in [-0.25, -0.2) is 9.48 Å². The average molecular weight is 340 g/mol. The van der Waals surface area contributed by atoms with Gasteiger partial charge in [-0.1, -0.05) is 0 Å². The van der Waals surface area contributed by atoms with Gasteiger partial charge in [0.1, 0.15) is 18.1 Å². The summed E-state index contributed by atoms with van der Waals surface area (Å²) in [6.45, 7) is 0.784. The molecule has 2 N–H and O–H groups in total. The molecule has 0 aliphatic carbocycles. The van der Waals surface area contributed by atoms with Gasteiger partial charge >= 0.3 is 6.03 Å². The molecule has 0 radical (unpaired) electrons. The molecule has 2 aliphatic heterocycles. The number of nitrogens with zero attached hydrogens (tertiary/aromatic N) is 5. The maximum Gasteiger partial charge on any atom is 0.331 e. The monoisotopic (exact) mass is 340 g/mol. The highest BCUT2D eigenvalue weighted by Gasteiger charge is 2.40. The van der Waals surface area contributed by atoms with Crippen LogP contribution in [0.25, 0.3) is 5.69 Å². The molecule has 25 heavy (non-hydrogen) atoms. The molecule has 0 unspecified atom stereocenters. The summed E-state index contributed by atoms with van der Waals surface area (Å²) in [4.78, 5) is 31.6. The number of anilines is 1. The van der Waals surface area contributed by atoms with Crippen molar-refractivity contribution in [1.82, 2.24) is 14.7 Å². The van der Waals surface area contributed by atoms with Gasteiger partial charge in [0.2, 0.25) is 5.91 Å². The number of rotatable bonds is 4. The Morgan fingerprint density at radius 2 is 2.08 bits per heavy atom. The zero-order chi connectivity index (χ0) is 17.6. The van der Waals surface area contributed by atoms with E-state index in [-0.39, 0.29) is 12.6 Å². The number of benzene rings is 1. The van der Waals surface area contributed by atoms with Crippen LogP contribution in [0.1, 0.15) is 5.56 Å². The van der Waals surface area contributed by atoms with Crippen LogP contribution in [0.3, 0.4) is 0 Å². The first kappa shape index (κ1) is 15.2. The fourth-order valence-corrected chi connectivity index (χ4v) is 3.07. The van der Waals surface area contributed by atoms with Crippen molar-refractivity contribution in [2.24, 2.45) is 10.7 Å². The first-order valence-corrected chi connectivity index (χ1v) is 7.75. The van der Waals surface area contributed by atoms with E-state index in [1.165, 1.54) is 4.90 Å². The summed E-state index contributed by atoms with van der Waals surface area (Å²) in [5.74, 6) is 1.19. The fourth-order valence-electron chi connectivity index (χ4n) is 3.07. The molecule has 1 aromatic heterocycles. The van der Waals surface area contributed by atoms with E-state index < -0.39 is 5.91 Å². The molecule has 9 heteroatoms. The third-order valence-electron chi connectivity index (χ3n) is 4.17. The van der Waals surface area contributed by atoms with Gasteiger partial charge in [0, 0.05) is 6.54 Å². The Morgan fingerprint density at radius 1 is 1.32 bits per heavy atom. The lowest BCUT2D eigenvalue weighted by molar-refractivity contribution is -0.116. The maximum atomic E-state index is 12.8. The minimum absolute atomic E-state index is 0.225. The molecule has 1 aromatic carbocycles. The number of aromatic nitrogens is 2. The molecule has 0 saturated carbocycles. The molecule has 0 spiro atoms. The largest absolute Gasteiger partial charge is 0.497 e. The van der Waals surface area contributed by atoms with E-state index in [2.05, 4.69) is 10.1 Å². The van der Waals surface area contributed by atoms with E-state index in [0.29, 0.717) is 36.1 Å². The minimum atomic E-state index is -0.596. The molecule has 128 valence electrons. The van der Waals surface area contributed by atoms with Gasteiger partial charge in [-0.15, -0.1) is 0 Å². The zero-order valence-corrected chi connectivity index (χ0v) is 13.5. The molecule has 3 heterocycles. The summed E-state index contributed by atoms with van der Waals surface area (Å²) in [6, 6.07) is 6.92. The second kappa shape index (κ2) is 5.62. The van der Waals surface area contributed by atoms with Crippen molar-refractivity contribution in [2.75, 3.05) is 31.6 Å². The summed E-state index contributed by atoms with van der Waals surface area (Å²) in [6.07, 6.45) is 1.65. The van der Waals surface area contributed by atoms with E-state index in [4.69, 9.17) is 10.5 Å².